The van der Waals surface area contributed by atoms with Crippen molar-refractivity contribution in [2.24, 2.45) is 5.73 Å². The summed E-state index contributed by atoms with van der Waals surface area (Å²) in [5.74, 6) is -0.906. The number of nitrogens with zero attached hydrogens (tertiary/aromatic N) is 2. The molecule has 0 atom stereocenters. The molecular weight excluding hydrogens is 431 g/mol. The van der Waals surface area contributed by atoms with E-state index in [1.165, 1.54) is 29.0 Å². The van der Waals surface area contributed by atoms with E-state index >= 15 is 0 Å². The monoisotopic (exact) mass is 455 g/mol. The molecule has 2 aromatic rings. The Morgan fingerprint density at radius 3 is 2.69 bits per heavy atom. The van der Waals surface area contributed by atoms with Gasteiger partial charge in [-0.2, -0.15) is 13.2 Å². The van der Waals surface area contributed by atoms with Gasteiger partial charge in [0.15, 0.2) is 5.82 Å². The Balaban J connectivity index is 1.96. The maximum atomic E-state index is 13.1. The number of aryl methyl sites for hydroxylation is 1. The highest BCUT2D eigenvalue weighted by Gasteiger charge is 2.32. The van der Waals surface area contributed by atoms with Gasteiger partial charge in [0.25, 0.3) is 5.56 Å². The van der Waals surface area contributed by atoms with Crippen LogP contribution >= 0.6 is 0 Å². The first-order valence-electron chi connectivity index (χ1n) is 9.53. The van der Waals surface area contributed by atoms with E-state index in [0.29, 0.717) is 5.69 Å². The Morgan fingerprint density at radius 2 is 2.00 bits per heavy atom. The number of hydrogen-bond acceptors (Lipinski definition) is 6. The number of alkyl halides is 3. The Morgan fingerprint density at radius 1 is 1.28 bits per heavy atom. The van der Waals surface area contributed by atoms with Gasteiger partial charge in [0.2, 0.25) is 11.9 Å². The van der Waals surface area contributed by atoms with E-state index in [1.54, 1.807) is 6.92 Å². The predicted molar refractivity (Wildman–Crippen MR) is 111 cm³/mol. The molecule has 1 aromatic carbocycles. The lowest BCUT2D eigenvalue weighted by Crippen LogP contribution is -2.37. The zero-order valence-corrected chi connectivity index (χ0v) is 17.3. The molecule has 0 aliphatic heterocycles. The molecule has 1 amide bonds. The molecule has 32 heavy (non-hydrogen) atoms. The Hall–Kier alpha value is -3.61. The smallest absolute Gasteiger partial charge is 0.368 e. The lowest BCUT2D eigenvalue weighted by molar-refractivity contribution is -0.138. The van der Waals surface area contributed by atoms with E-state index in [9.17, 15) is 22.8 Å². The number of rotatable bonds is 10. The summed E-state index contributed by atoms with van der Waals surface area (Å²) in [6.45, 7) is 1.53. The van der Waals surface area contributed by atoms with Crippen molar-refractivity contribution >= 4 is 17.7 Å². The summed E-state index contributed by atoms with van der Waals surface area (Å²) >= 11 is 0. The number of carbonyl (C=O) groups is 1. The van der Waals surface area contributed by atoms with E-state index in [0.717, 1.165) is 6.07 Å². The van der Waals surface area contributed by atoms with Crippen molar-refractivity contribution in [3.8, 4) is 0 Å². The van der Waals surface area contributed by atoms with Crippen LogP contribution in [0.3, 0.4) is 0 Å². The fourth-order valence-corrected chi connectivity index (χ4v) is 2.79. The van der Waals surface area contributed by atoms with Gasteiger partial charge in [-0.3, -0.25) is 24.4 Å². The number of nitrogens with one attached hydrogen (secondary N) is 4. The van der Waals surface area contributed by atoms with Gasteiger partial charge in [-0.25, -0.2) is 10.5 Å². The molecule has 0 fully saturated rings. The fourth-order valence-electron chi connectivity index (χ4n) is 2.79. The number of benzene rings is 1. The summed E-state index contributed by atoms with van der Waals surface area (Å²) in [5.41, 5.74) is 6.39. The first-order valence-corrected chi connectivity index (χ1v) is 9.53. The molecule has 0 aliphatic carbocycles. The van der Waals surface area contributed by atoms with E-state index in [1.807, 2.05) is 0 Å². The number of nitrogens with two attached hydrogens (primary N) is 1. The maximum absolute atomic E-state index is 13.1. The van der Waals surface area contributed by atoms with Crippen molar-refractivity contribution in [3.05, 3.63) is 57.6 Å². The molecule has 0 saturated carbocycles. The SMILES string of the molecule is Cc1cnc(NCCc2ccccc2C(F)(F)F)c(=O)n1CC(=O)NCCONC(=N)N. The van der Waals surface area contributed by atoms with Crippen molar-refractivity contribution in [1.82, 2.24) is 20.3 Å². The average molecular weight is 455 g/mol. The van der Waals surface area contributed by atoms with Crippen molar-refractivity contribution in [3.63, 3.8) is 0 Å². The number of anilines is 1. The van der Waals surface area contributed by atoms with Crippen LogP contribution in [0.4, 0.5) is 19.0 Å². The van der Waals surface area contributed by atoms with E-state index < -0.39 is 23.2 Å². The summed E-state index contributed by atoms with van der Waals surface area (Å²) in [5, 5.41) is 12.2. The third-order valence-electron chi connectivity index (χ3n) is 4.27. The van der Waals surface area contributed by atoms with Gasteiger partial charge in [-0.15, -0.1) is 0 Å². The van der Waals surface area contributed by atoms with E-state index in [-0.39, 0.29) is 50.0 Å². The highest BCUT2D eigenvalue weighted by molar-refractivity contribution is 5.75. The van der Waals surface area contributed by atoms with Crippen LogP contribution in [0.5, 0.6) is 0 Å². The van der Waals surface area contributed by atoms with Crippen molar-refractivity contribution in [2.45, 2.75) is 26.1 Å². The van der Waals surface area contributed by atoms with Crippen LogP contribution in [0.15, 0.2) is 35.3 Å². The third-order valence-corrected chi connectivity index (χ3v) is 4.27. The summed E-state index contributed by atoms with van der Waals surface area (Å²) in [7, 11) is 0. The number of amides is 1. The molecule has 0 spiro atoms. The first-order chi connectivity index (χ1) is 15.1. The average Bonchev–Trinajstić information content (AvgIpc) is 2.72. The molecule has 0 unspecified atom stereocenters. The maximum Gasteiger partial charge on any atom is 0.416 e. The molecule has 1 aromatic heterocycles. The molecule has 174 valence electrons. The zero-order chi connectivity index (χ0) is 23.7. The second kappa shape index (κ2) is 11.1. The van der Waals surface area contributed by atoms with Crippen LogP contribution in [0.25, 0.3) is 0 Å². The molecule has 0 radical (unpaired) electrons. The second-order valence-electron chi connectivity index (χ2n) is 6.69. The van der Waals surface area contributed by atoms with Crippen LogP contribution in [0.1, 0.15) is 16.8 Å². The minimum Gasteiger partial charge on any atom is -0.368 e. The fraction of sp³-hybridized carbons (Fsp3) is 0.368. The molecule has 2 rings (SSSR count). The van der Waals surface area contributed by atoms with Crippen LogP contribution in [-0.4, -0.2) is 41.1 Å². The number of aromatic nitrogens is 2. The number of guanidine groups is 1. The number of hydrogen-bond donors (Lipinski definition) is 5. The minimum absolute atomic E-state index is 0.0272. The highest BCUT2D eigenvalue weighted by Crippen LogP contribution is 2.31. The molecule has 13 heteroatoms. The van der Waals surface area contributed by atoms with E-state index in [2.05, 4.69) is 21.1 Å². The largest absolute Gasteiger partial charge is 0.416 e. The Kier molecular flexibility index (Phi) is 8.58. The molecule has 6 N–H and O–H groups in total. The normalized spacial score (nSPS) is 11.1. The van der Waals surface area contributed by atoms with Gasteiger partial charge < -0.3 is 16.4 Å². The summed E-state index contributed by atoms with van der Waals surface area (Å²) in [6.07, 6.45) is -3.05. The molecule has 0 saturated heterocycles. The van der Waals surface area contributed by atoms with Crippen LogP contribution in [-0.2, 0) is 28.8 Å². The Bertz CT molecular complexity index is 1010. The second-order valence-corrected chi connectivity index (χ2v) is 6.69. The number of carbonyl (C=O) groups excluding carboxylic acids is 1. The minimum atomic E-state index is -4.47. The zero-order valence-electron chi connectivity index (χ0n) is 17.3. The Labute approximate surface area is 181 Å². The van der Waals surface area contributed by atoms with E-state index in [4.69, 9.17) is 16.0 Å². The molecule has 1 heterocycles. The topological polar surface area (TPSA) is 147 Å². The van der Waals surface area contributed by atoms with Gasteiger partial charge >= 0.3 is 6.18 Å². The first kappa shape index (κ1) is 24.7. The number of hydroxylamine groups is 1. The van der Waals surface area contributed by atoms with Gasteiger partial charge in [0.1, 0.15) is 6.54 Å². The van der Waals surface area contributed by atoms with Gasteiger partial charge in [0, 0.05) is 25.0 Å². The molecular formula is C19H24F3N7O3. The summed E-state index contributed by atoms with van der Waals surface area (Å²) in [4.78, 5) is 33.5. The number of halogens is 3. The van der Waals surface area contributed by atoms with Crippen LogP contribution in [0, 0.1) is 12.3 Å². The van der Waals surface area contributed by atoms with Crippen LogP contribution in [0.2, 0.25) is 0 Å². The summed E-state index contributed by atoms with van der Waals surface area (Å²) < 4.78 is 40.5. The van der Waals surface area contributed by atoms with Gasteiger partial charge in [0.05, 0.1) is 12.2 Å². The van der Waals surface area contributed by atoms with Crippen LogP contribution < -0.4 is 27.4 Å². The van der Waals surface area contributed by atoms with Gasteiger partial charge in [-0.05, 0) is 25.0 Å². The van der Waals surface area contributed by atoms with Crippen molar-refractivity contribution < 1.29 is 22.8 Å². The van der Waals surface area contributed by atoms with Crippen molar-refractivity contribution in [2.75, 3.05) is 25.0 Å². The summed E-state index contributed by atoms with van der Waals surface area (Å²) in [6, 6.07) is 5.22. The third kappa shape index (κ3) is 7.27. The van der Waals surface area contributed by atoms with Crippen molar-refractivity contribution in [1.29, 1.82) is 5.41 Å². The molecule has 0 aliphatic rings. The van der Waals surface area contributed by atoms with Gasteiger partial charge in [-0.1, -0.05) is 18.2 Å². The lowest BCUT2D eigenvalue weighted by atomic mass is 10.0. The molecule has 10 nitrogen and oxygen atoms in total. The highest BCUT2D eigenvalue weighted by atomic mass is 19.4. The quantitative estimate of drug-likeness (QED) is 0.154. The lowest BCUT2D eigenvalue weighted by Gasteiger charge is -2.14. The standard InChI is InChI=1S/C19H24F3N7O3/c1-12-10-27-16(26-7-6-13-4-2-3-5-14(13)19(20,21)22)17(31)29(12)11-15(30)25-8-9-32-28-18(23)24/h2-5,10H,6-9,11H2,1H3,(H,25,30)(H,26,27)(H4,23,24,28). The molecule has 0 bridgehead atoms. The predicted octanol–water partition coefficient (Wildman–Crippen LogP) is 0.756.